The predicted molar refractivity (Wildman–Crippen MR) is 49.2 cm³/mol. The molecule has 0 bridgehead atoms. The van der Waals surface area contributed by atoms with Crippen LogP contribution >= 0.6 is 11.3 Å². The minimum atomic E-state index is -2.31. The third-order valence-electron chi connectivity index (χ3n) is 1.65. The van der Waals surface area contributed by atoms with E-state index in [2.05, 4.69) is 10.3 Å². The maximum atomic E-state index is 12.1. The molecule has 0 aliphatic carbocycles. The Hall–Kier alpha value is -0.550. The molecule has 1 atom stereocenters. The first-order chi connectivity index (χ1) is 6.09. The number of alkyl halides is 2. The highest BCUT2D eigenvalue weighted by Crippen LogP contribution is 2.11. The SMILES string of the molecule is Cc1ncc(CNC(C)C(F)F)s1. The molecule has 0 aliphatic heterocycles. The van der Waals surface area contributed by atoms with E-state index in [4.69, 9.17) is 0 Å². The van der Waals surface area contributed by atoms with Gasteiger partial charge in [-0.1, -0.05) is 0 Å². The summed E-state index contributed by atoms with van der Waals surface area (Å²) < 4.78 is 24.1. The van der Waals surface area contributed by atoms with Crippen LogP contribution in [0.1, 0.15) is 16.8 Å². The summed E-state index contributed by atoms with van der Waals surface area (Å²) in [6.45, 7) is 3.83. The molecule has 0 saturated heterocycles. The molecule has 1 heterocycles. The van der Waals surface area contributed by atoms with Crippen LogP contribution in [0, 0.1) is 6.92 Å². The van der Waals surface area contributed by atoms with Crippen molar-refractivity contribution in [1.29, 1.82) is 0 Å². The largest absolute Gasteiger partial charge is 0.304 e. The molecular formula is C8H12F2N2S. The van der Waals surface area contributed by atoms with Crippen LogP contribution in [0.15, 0.2) is 6.20 Å². The summed E-state index contributed by atoms with van der Waals surface area (Å²) in [7, 11) is 0. The van der Waals surface area contributed by atoms with Gasteiger partial charge >= 0.3 is 0 Å². The fourth-order valence-electron chi connectivity index (χ4n) is 0.838. The molecule has 2 nitrogen and oxygen atoms in total. The number of halogens is 2. The number of rotatable bonds is 4. The number of aryl methyl sites for hydroxylation is 1. The van der Waals surface area contributed by atoms with Gasteiger partial charge in [-0.25, -0.2) is 13.8 Å². The number of aromatic nitrogens is 1. The zero-order valence-electron chi connectivity index (χ0n) is 7.55. The topological polar surface area (TPSA) is 24.9 Å². The van der Waals surface area contributed by atoms with E-state index in [1.165, 1.54) is 18.3 Å². The maximum absolute atomic E-state index is 12.1. The molecule has 13 heavy (non-hydrogen) atoms. The quantitative estimate of drug-likeness (QED) is 0.816. The lowest BCUT2D eigenvalue weighted by Crippen LogP contribution is -2.31. The fourth-order valence-corrected chi connectivity index (χ4v) is 1.58. The van der Waals surface area contributed by atoms with E-state index in [9.17, 15) is 8.78 Å². The van der Waals surface area contributed by atoms with Crippen molar-refractivity contribution in [3.05, 3.63) is 16.1 Å². The first-order valence-corrected chi connectivity index (χ1v) is 4.84. The van der Waals surface area contributed by atoms with Crippen molar-refractivity contribution in [2.45, 2.75) is 32.9 Å². The van der Waals surface area contributed by atoms with Gasteiger partial charge in [0.2, 0.25) is 0 Å². The molecule has 0 aromatic carbocycles. The molecule has 0 spiro atoms. The van der Waals surface area contributed by atoms with E-state index < -0.39 is 12.5 Å². The summed E-state index contributed by atoms with van der Waals surface area (Å²) in [6.07, 6.45) is -0.598. The van der Waals surface area contributed by atoms with E-state index in [0.717, 1.165) is 9.88 Å². The first kappa shape index (κ1) is 10.5. The standard InChI is InChI=1S/C8H12F2N2S/c1-5(8(9)10)11-3-7-4-12-6(2)13-7/h4-5,8,11H,3H2,1-2H3. The summed E-state index contributed by atoms with van der Waals surface area (Å²) in [5, 5.41) is 3.69. The normalized spacial score (nSPS) is 13.6. The number of hydrogen-bond acceptors (Lipinski definition) is 3. The summed E-state index contributed by atoms with van der Waals surface area (Å²) in [6, 6.07) is -0.762. The number of thiazole rings is 1. The van der Waals surface area contributed by atoms with Gasteiger partial charge in [-0.05, 0) is 13.8 Å². The molecule has 0 aliphatic rings. The lowest BCUT2D eigenvalue weighted by molar-refractivity contribution is 0.105. The Kier molecular flexibility index (Phi) is 3.74. The van der Waals surface area contributed by atoms with Crippen LogP contribution < -0.4 is 5.32 Å². The minimum Gasteiger partial charge on any atom is -0.304 e. The predicted octanol–water partition coefficient (Wildman–Crippen LogP) is 2.19. The van der Waals surface area contributed by atoms with Gasteiger partial charge in [0.15, 0.2) is 0 Å². The van der Waals surface area contributed by atoms with Gasteiger partial charge in [-0.15, -0.1) is 11.3 Å². The molecule has 0 radical (unpaired) electrons. The second-order valence-electron chi connectivity index (χ2n) is 2.85. The van der Waals surface area contributed by atoms with Gasteiger partial charge in [-0.3, -0.25) is 0 Å². The fraction of sp³-hybridized carbons (Fsp3) is 0.625. The average Bonchev–Trinajstić information content (AvgIpc) is 2.47. The molecule has 0 fully saturated rings. The van der Waals surface area contributed by atoms with Gasteiger partial charge in [-0.2, -0.15) is 0 Å². The Balaban J connectivity index is 2.35. The van der Waals surface area contributed by atoms with Crippen LogP contribution in [-0.2, 0) is 6.54 Å². The van der Waals surface area contributed by atoms with Crippen molar-refractivity contribution >= 4 is 11.3 Å². The molecule has 1 rings (SSSR count). The molecular weight excluding hydrogens is 194 g/mol. The number of hydrogen-bond donors (Lipinski definition) is 1. The Labute approximate surface area is 80.0 Å². The molecule has 5 heteroatoms. The van der Waals surface area contributed by atoms with E-state index in [1.54, 1.807) is 6.20 Å². The lowest BCUT2D eigenvalue weighted by atomic mass is 10.3. The average molecular weight is 206 g/mol. The minimum absolute atomic E-state index is 0.469. The lowest BCUT2D eigenvalue weighted by Gasteiger charge is -2.10. The number of nitrogens with one attached hydrogen (secondary N) is 1. The Morgan fingerprint density at radius 2 is 2.31 bits per heavy atom. The van der Waals surface area contributed by atoms with E-state index in [-0.39, 0.29) is 0 Å². The molecule has 0 saturated carbocycles. The summed E-state index contributed by atoms with van der Waals surface area (Å²) >= 11 is 1.52. The second-order valence-corrected chi connectivity index (χ2v) is 4.17. The maximum Gasteiger partial charge on any atom is 0.253 e. The van der Waals surface area contributed by atoms with Crippen LogP contribution in [0.5, 0.6) is 0 Å². The van der Waals surface area contributed by atoms with Gasteiger partial charge in [0.1, 0.15) is 0 Å². The van der Waals surface area contributed by atoms with Crippen LogP contribution in [-0.4, -0.2) is 17.5 Å². The van der Waals surface area contributed by atoms with Crippen molar-refractivity contribution in [1.82, 2.24) is 10.3 Å². The van der Waals surface area contributed by atoms with Crippen LogP contribution in [0.4, 0.5) is 8.78 Å². The van der Waals surface area contributed by atoms with Crippen molar-refractivity contribution in [2.75, 3.05) is 0 Å². The van der Waals surface area contributed by atoms with Crippen LogP contribution in [0.25, 0.3) is 0 Å². The van der Waals surface area contributed by atoms with Crippen molar-refractivity contribution in [3.8, 4) is 0 Å². The molecule has 1 N–H and O–H groups in total. The van der Waals surface area contributed by atoms with Gasteiger partial charge in [0.25, 0.3) is 6.43 Å². The van der Waals surface area contributed by atoms with E-state index >= 15 is 0 Å². The Bertz CT molecular complexity index is 262. The zero-order chi connectivity index (χ0) is 9.84. The molecule has 74 valence electrons. The Morgan fingerprint density at radius 1 is 1.62 bits per heavy atom. The molecule has 1 aromatic rings. The Morgan fingerprint density at radius 3 is 2.77 bits per heavy atom. The summed E-state index contributed by atoms with van der Waals surface area (Å²) in [4.78, 5) is 5.02. The number of nitrogens with zero attached hydrogens (tertiary/aromatic N) is 1. The highest BCUT2D eigenvalue weighted by Gasteiger charge is 2.13. The molecule has 0 amide bonds. The summed E-state index contributed by atoms with van der Waals surface area (Å²) in [5.41, 5.74) is 0. The molecule has 1 unspecified atom stereocenters. The van der Waals surface area contributed by atoms with E-state index in [0.29, 0.717) is 6.54 Å². The van der Waals surface area contributed by atoms with Crippen molar-refractivity contribution in [2.24, 2.45) is 0 Å². The van der Waals surface area contributed by atoms with Crippen molar-refractivity contribution < 1.29 is 8.78 Å². The van der Waals surface area contributed by atoms with Gasteiger partial charge < -0.3 is 5.32 Å². The van der Waals surface area contributed by atoms with Crippen molar-refractivity contribution in [3.63, 3.8) is 0 Å². The zero-order valence-corrected chi connectivity index (χ0v) is 8.37. The van der Waals surface area contributed by atoms with Crippen LogP contribution in [0.3, 0.4) is 0 Å². The monoisotopic (exact) mass is 206 g/mol. The van der Waals surface area contributed by atoms with Gasteiger partial charge in [0.05, 0.1) is 11.0 Å². The smallest absolute Gasteiger partial charge is 0.253 e. The highest BCUT2D eigenvalue weighted by atomic mass is 32.1. The second kappa shape index (κ2) is 4.62. The van der Waals surface area contributed by atoms with E-state index in [1.807, 2.05) is 6.92 Å². The van der Waals surface area contributed by atoms with Gasteiger partial charge in [0, 0.05) is 17.6 Å². The third-order valence-corrected chi connectivity index (χ3v) is 2.56. The highest BCUT2D eigenvalue weighted by molar-refractivity contribution is 7.11. The first-order valence-electron chi connectivity index (χ1n) is 4.02. The third kappa shape index (κ3) is 3.36. The molecule has 1 aromatic heterocycles. The summed E-state index contributed by atoms with van der Waals surface area (Å²) in [5.74, 6) is 0. The van der Waals surface area contributed by atoms with Crippen LogP contribution in [0.2, 0.25) is 0 Å².